The molecule has 0 aliphatic carbocycles. The second-order valence-corrected chi connectivity index (χ2v) is 8.04. The molecule has 0 spiro atoms. The van der Waals surface area contributed by atoms with Gasteiger partial charge in [0, 0.05) is 45.4 Å². The van der Waals surface area contributed by atoms with Crippen molar-refractivity contribution in [2.45, 2.75) is 19.4 Å². The number of hydrogen-bond acceptors (Lipinski definition) is 5. The fraction of sp³-hybridized carbons (Fsp3) is 0.391. The molecule has 6 nitrogen and oxygen atoms in total. The van der Waals surface area contributed by atoms with Crippen LogP contribution < -0.4 is 4.90 Å². The van der Waals surface area contributed by atoms with Crippen LogP contribution in [0.5, 0.6) is 0 Å². The van der Waals surface area contributed by atoms with Crippen molar-refractivity contribution in [3.63, 3.8) is 0 Å². The Labute approximate surface area is 192 Å². The van der Waals surface area contributed by atoms with Gasteiger partial charge in [-0.1, -0.05) is 41.4 Å². The molecule has 1 aliphatic rings. The quantitative estimate of drug-likeness (QED) is 0.577. The molecule has 1 atom stereocenters. The Bertz CT molecular complexity index is 909. The molecule has 8 heteroatoms. The number of halogens is 2. The van der Waals surface area contributed by atoms with E-state index in [0.717, 1.165) is 11.3 Å². The maximum atomic E-state index is 12.9. The van der Waals surface area contributed by atoms with Crippen LogP contribution in [-0.2, 0) is 20.7 Å². The predicted molar refractivity (Wildman–Crippen MR) is 122 cm³/mol. The van der Waals surface area contributed by atoms with Crippen molar-refractivity contribution in [3.05, 3.63) is 63.6 Å². The molecule has 166 valence electrons. The van der Waals surface area contributed by atoms with Crippen LogP contribution >= 0.6 is 23.2 Å². The Kier molecular flexibility index (Phi) is 8.18. The van der Waals surface area contributed by atoms with Crippen molar-refractivity contribution >= 4 is 40.8 Å². The van der Waals surface area contributed by atoms with Gasteiger partial charge >= 0.3 is 5.97 Å². The summed E-state index contributed by atoms with van der Waals surface area (Å²) in [6, 6.07) is 13.1. The second kappa shape index (κ2) is 10.8. The predicted octanol–water partition coefficient (Wildman–Crippen LogP) is 4.08. The molecule has 31 heavy (non-hydrogen) atoms. The average Bonchev–Trinajstić information content (AvgIpc) is 2.77. The molecule has 1 saturated heterocycles. The van der Waals surface area contributed by atoms with Crippen LogP contribution in [0.15, 0.2) is 42.5 Å². The SMILES string of the molecule is CCOC(=O)C(Cc1cccc(N2CCN(C(=O)c3c(Cl)cccc3Cl)CC2)c1)OC. The lowest BCUT2D eigenvalue weighted by Gasteiger charge is -2.36. The summed E-state index contributed by atoms with van der Waals surface area (Å²) in [5.74, 6) is -0.512. The molecule has 3 rings (SSSR count). The van der Waals surface area contributed by atoms with Crippen LogP contribution in [0.25, 0.3) is 0 Å². The fourth-order valence-electron chi connectivity index (χ4n) is 3.62. The van der Waals surface area contributed by atoms with E-state index in [-0.39, 0.29) is 11.9 Å². The van der Waals surface area contributed by atoms with Crippen LogP contribution in [-0.4, -0.2) is 62.8 Å². The van der Waals surface area contributed by atoms with E-state index < -0.39 is 6.10 Å². The van der Waals surface area contributed by atoms with Gasteiger partial charge in [-0.15, -0.1) is 0 Å². The summed E-state index contributed by atoms with van der Waals surface area (Å²) in [7, 11) is 1.51. The standard InChI is InChI=1S/C23H26Cl2N2O4/c1-3-31-23(29)20(30-2)15-16-6-4-7-17(14-16)26-10-12-27(13-11-26)22(28)21-18(24)8-5-9-19(21)25/h4-9,14,20H,3,10-13,15H2,1-2H3. The van der Waals surface area contributed by atoms with Crippen molar-refractivity contribution in [2.24, 2.45) is 0 Å². The summed E-state index contributed by atoms with van der Waals surface area (Å²) in [5, 5.41) is 0.726. The summed E-state index contributed by atoms with van der Waals surface area (Å²) in [6.45, 7) is 4.59. The molecule has 0 N–H and O–H groups in total. The number of piperazine rings is 1. The highest BCUT2D eigenvalue weighted by molar-refractivity contribution is 6.39. The number of rotatable bonds is 7. The molecule has 0 bridgehead atoms. The molecule has 1 unspecified atom stereocenters. The molecule has 0 aromatic heterocycles. The van der Waals surface area contributed by atoms with Gasteiger partial charge in [0.25, 0.3) is 5.91 Å². The number of hydrogen-bond donors (Lipinski definition) is 0. The third-order valence-electron chi connectivity index (χ3n) is 5.27. The van der Waals surface area contributed by atoms with E-state index in [1.165, 1.54) is 7.11 Å². The van der Waals surface area contributed by atoms with E-state index in [9.17, 15) is 9.59 Å². The van der Waals surface area contributed by atoms with Crippen molar-refractivity contribution in [2.75, 3.05) is 44.8 Å². The summed E-state index contributed by atoms with van der Waals surface area (Å²) in [5.41, 5.74) is 2.38. The topological polar surface area (TPSA) is 59.1 Å². The van der Waals surface area contributed by atoms with Gasteiger partial charge in [0.2, 0.25) is 0 Å². The van der Waals surface area contributed by atoms with E-state index in [0.29, 0.717) is 54.8 Å². The monoisotopic (exact) mass is 464 g/mol. The highest BCUT2D eigenvalue weighted by atomic mass is 35.5. The normalized spacial score (nSPS) is 15.0. The minimum Gasteiger partial charge on any atom is -0.464 e. The number of nitrogens with zero attached hydrogens (tertiary/aromatic N) is 2. The molecule has 2 aromatic rings. The van der Waals surface area contributed by atoms with E-state index in [1.807, 2.05) is 24.3 Å². The first kappa shape index (κ1) is 23.4. The summed E-state index contributed by atoms with van der Waals surface area (Å²) >= 11 is 12.4. The zero-order valence-electron chi connectivity index (χ0n) is 17.6. The molecule has 0 saturated carbocycles. The fourth-order valence-corrected chi connectivity index (χ4v) is 4.18. The van der Waals surface area contributed by atoms with E-state index >= 15 is 0 Å². The molecule has 1 fully saturated rings. The van der Waals surface area contributed by atoms with Gasteiger partial charge in [0.15, 0.2) is 6.10 Å². The molecule has 1 amide bonds. The number of amides is 1. The number of benzene rings is 2. The number of ether oxygens (including phenoxy) is 2. The maximum absolute atomic E-state index is 12.9. The third-order valence-corrected chi connectivity index (χ3v) is 5.90. The molecular weight excluding hydrogens is 439 g/mol. The largest absolute Gasteiger partial charge is 0.464 e. The van der Waals surface area contributed by atoms with Gasteiger partial charge in [0.1, 0.15) is 0 Å². The Morgan fingerprint density at radius 3 is 2.29 bits per heavy atom. The molecular formula is C23H26Cl2N2O4. The number of anilines is 1. The Morgan fingerprint density at radius 2 is 1.68 bits per heavy atom. The highest BCUT2D eigenvalue weighted by Crippen LogP contribution is 2.27. The third kappa shape index (κ3) is 5.70. The zero-order chi connectivity index (χ0) is 22.4. The summed E-state index contributed by atoms with van der Waals surface area (Å²) < 4.78 is 10.4. The van der Waals surface area contributed by atoms with Crippen LogP contribution in [0, 0.1) is 0 Å². The number of carbonyl (C=O) groups is 2. The van der Waals surface area contributed by atoms with Crippen LogP contribution in [0.3, 0.4) is 0 Å². The smallest absolute Gasteiger partial charge is 0.335 e. The first-order chi connectivity index (χ1) is 14.9. The number of methoxy groups -OCH3 is 1. The van der Waals surface area contributed by atoms with Crippen molar-refractivity contribution in [1.29, 1.82) is 0 Å². The van der Waals surface area contributed by atoms with Gasteiger partial charge in [-0.25, -0.2) is 4.79 Å². The molecule has 1 heterocycles. The van der Waals surface area contributed by atoms with Crippen molar-refractivity contribution < 1.29 is 19.1 Å². The lowest BCUT2D eigenvalue weighted by molar-refractivity contribution is -0.154. The Hall–Kier alpha value is -2.28. The lowest BCUT2D eigenvalue weighted by Crippen LogP contribution is -2.49. The van der Waals surface area contributed by atoms with Crippen molar-refractivity contribution in [3.8, 4) is 0 Å². The van der Waals surface area contributed by atoms with Crippen LogP contribution in [0.1, 0.15) is 22.8 Å². The average molecular weight is 465 g/mol. The summed E-state index contributed by atoms with van der Waals surface area (Å²) in [6.07, 6.45) is -0.197. The van der Waals surface area contributed by atoms with Gasteiger partial charge < -0.3 is 19.3 Å². The van der Waals surface area contributed by atoms with E-state index in [1.54, 1.807) is 30.0 Å². The minimum atomic E-state index is -0.634. The van der Waals surface area contributed by atoms with Crippen LogP contribution in [0.2, 0.25) is 10.0 Å². The highest BCUT2D eigenvalue weighted by Gasteiger charge is 2.26. The summed E-state index contributed by atoms with van der Waals surface area (Å²) in [4.78, 5) is 28.9. The molecule has 2 aromatic carbocycles. The van der Waals surface area contributed by atoms with Gasteiger partial charge in [-0.05, 0) is 36.8 Å². The minimum absolute atomic E-state index is 0.152. The number of carbonyl (C=O) groups excluding carboxylic acids is 2. The van der Waals surface area contributed by atoms with Gasteiger partial charge in [-0.2, -0.15) is 0 Å². The molecule has 1 aliphatic heterocycles. The Morgan fingerprint density at radius 1 is 1.03 bits per heavy atom. The zero-order valence-corrected chi connectivity index (χ0v) is 19.2. The van der Waals surface area contributed by atoms with E-state index in [2.05, 4.69) is 4.90 Å². The lowest BCUT2D eigenvalue weighted by atomic mass is 10.1. The van der Waals surface area contributed by atoms with Gasteiger partial charge in [0.05, 0.1) is 22.2 Å². The maximum Gasteiger partial charge on any atom is 0.335 e. The molecule has 0 radical (unpaired) electrons. The van der Waals surface area contributed by atoms with E-state index in [4.69, 9.17) is 32.7 Å². The van der Waals surface area contributed by atoms with Gasteiger partial charge in [-0.3, -0.25) is 4.79 Å². The first-order valence-electron chi connectivity index (χ1n) is 10.2. The first-order valence-corrected chi connectivity index (χ1v) is 11.0. The van der Waals surface area contributed by atoms with Crippen molar-refractivity contribution in [1.82, 2.24) is 4.90 Å². The number of esters is 1. The van der Waals surface area contributed by atoms with Crippen LogP contribution in [0.4, 0.5) is 5.69 Å². The Balaban J connectivity index is 1.64. The second-order valence-electron chi connectivity index (χ2n) is 7.23.